The van der Waals surface area contributed by atoms with Crippen LogP contribution >= 0.6 is 0 Å². The van der Waals surface area contributed by atoms with Gasteiger partial charge < -0.3 is 20.4 Å². The normalized spacial score (nSPS) is 9.43. The second kappa shape index (κ2) is 9.48. The molecule has 28 heavy (non-hydrogen) atoms. The molecule has 0 saturated carbocycles. The lowest BCUT2D eigenvalue weighted by Crippen LogP contribution is -2.09. The third-order valence-electron chi connectivity index (χ3n) is 3.52. The Morgan fingerprint density at radius 2 is 0.929 bits per heavy atom. The second-order valence-electron chi connectivity index (χ2n) is 5.17. The van der Waals surface area contributed by atoms with Gasteiger partial charge in [-0.25, -0.2) is 19.2 Å². The first-order valence-corrected chi connectivity index (χ1v) is 7.59. The first-order valence-electron chi connectivity index (χ1n) is 7.59. The van der Waals surface area contributed by atoms with E-state index in [1.807, 2.05) is 0 Å². The summed E-state index contributed by atoms with van der Waals surface area (Å²) < 4.78 is 0. The van der Waals surface area contributed by atoms with Gasteiger partial charge in [0.15, 0.2) is 0 Å². The Labute approximate surface area is 159 Å². The summed E-state index contributed by atoms with van der Waals surface area (Å²) in [7, 11) is 0. The number of aromatic carboxylic acids is 4. The molecule has 8 nitrogen and oxygen atoms in total. The van der Waals surface area contributed by atoms with Gasteiger partial charge in [-0.3, -0.25) is 0 Å². The van der Waals surface area contributed by atoms with E-state index in [9.17, 15) is 19.2 Å². The van der Waals surface area contributed by atoms with Gasteiger partial charge in [-0.1, -0.05) is 49.6 Å². The van der Waals surface area contributed by atoms with Crippen LogP contribution in [-0.2, 0) is 0 Å². The number of benzene rings is 2. The van der Waals surface area contributed by atoms with Crippen molar-refractivity contribution >= 4 is 36.0 Å². The van der Waals surface area contributed by atoms with Crippen LogP contribution in [0.2, 0.25) is 0 Å². The Hall–Kier alpha value is -4.20. The fourth-order valence-electron chi connectivity index (χ4n) is 2.31. The number of rotatable bonds is 6. The lowest BCUT2D eigenvalue weighted by Gasteiger charge is -2.04. The zero-order valence-corrected chi connectivity index (χ0v) is 14.5. The Morgan fingerprint density at radius 3 is 1.14 bits per heavy atom. The molecular weight excluding hydrogens is 368 g/mol. The molecule has 0 aliphatic carbocycles. The molecule has 0 saturated heterocycles. The van der Waals surface area contributed by atoms with Crippen LogP contribution in [0.25, 0.3) is 12.2 Å². The lowest BCUT2D eigenvalue weighted by molar-refractivity contribution is 0.0651. The third kappa shape index (κ3) is 4.92. The molecule has 0 amide bonds. The van der Waals surface area contributed by atoms with Gasteiger partial charge in [-0.05, 0) is 23.3 Å². The van der Waals surface area contributed by atoms with Gasteiger partial charge >= 0.3 is 23.9 Å². The van der Waals surface area contributed by atoms with E-state index >= 15 is 0 Å². The van der Waals surface area contributed by atoms with E-state index in [-0.39, 0.29) is 22.3 Å². The average molecular weight is 384 g/mol. The van der Waals surface area contributed by atoms with Crippen molar-refractivity contribution in [3.05, 3.63) is 82.9 Å². The zero-order chi connectivity index (χ0) is 21.4. The molecule has 0 heterocycles. The lowest BCUT2D eigenvalue weighted by atomic mass is 10.0. The van der Waals surface area contributed by atoms with Crippen molar-refractivity contribution in [2.75, 3.05) is 0 Å². The molecule has 0 unspecified atom stereocenters. The Balaban J connectivity index is 0.000000280. The van der Waals surface area contributed by atoms with Crippen LogP contribution in [0.5, 0.6) is 0 Å². The minimum Gasteiger partial charge on any atom is -0.478 e. The van der Waals surface area contributed by atoms with Crippen molar-refractivity contribution in [3.8, 4) is 0 Å². The van der Waals surface area contributed by atoms with Gasteiger partial charge in [0, 0.05) is 0 Å². The highest BCUT2D eigenvalue weighted by molar-refractivity contribution is 6.04. The largest absolute Gasteiger partial charge is 0.478 e. The van der Waals surface area contributed by atoms with Crippen LogP contribution in [0.15, 0.2) is 49.6 Å². The minimum absolute atomic E-state index is 0.227. The van der Waals surface area contributed by atoms with Crippen LogP contribution in [0.1, 0.15) is 52.6 Å². The van der Waals surface area contributed by atoms with Gasteiger partial charge in [-0.15, -0.1) is 0 Å². The van der Waals surface area contributed by atoms with Crippen LogP contribution < -0.4 is 0 Å². The van der Waals surface area contributed by atoms with Crippen molar-refractivity contribution < 1.29 is 39.6 Å². The molecule has 144 valence electrons. The van der Waals surface area contributed by atoms with Gasteiger partial charge in [-0.2, -0.15) is 0 Å². The quantitative estimate of drug-likeness (QED) is 0.591. The average Bonchev–Trinajstić information content (AvgIpc) is 2.66. The molecule has 0 radical (unpaired) electrons. The number of carboxylic acids is 4. The monoisotopic (exact) mass is 384 g/mol. The molecule has 0 aliphatic rings. The van der Waals surface area contributed by atoms with Crippen LogP contribution in [0.3, 0.4) is 0 Å². The second-order valence-corrected chi connectivity index (χ2v) is 5.17. The van der Waals surface area contributed by atoms with E-state index in [0.717, 1.165) is 0 Å². The highest BCUT2D eigenvalue weighted by Crippen LogP contribution is 2.17. The summed E-state index contributed by atoms with van der Waals surface area (Å²) >= 11 is 0. The summed E-state index contributed by atoms with van der Waals surface area (Å²) in [6.07, 6.45) is 2.63. The zero-order valence-electron chi connectivity index (χ0n) is 14.5. The van der Waals surface area contributed by atoms with E-state index in [1.165, 1.54) is 48.6 Å². The summed E-state index contributed by atoms with van der Waals surface area (Å²) in [6, 6.07) is 8.46. The summed E-state index contributed by atoms with van der Waals surface area (Å²) in [6.45, 7) is 6.84. The molecule has 0 aliphatic heterocycles. The highest BCUT2D eigenvalue weighted by atomic mass is 16.4. The molecule has 0 fully saturated rings. The fraction of sp³-hybridized carbons (Fsp3) is 0. The maximum Gasteiger partial charge on any atom is 0.337 e. The standard InChI is InChI=1S/2C10H8O4/c2*1-2-6-4-3-5-7(9(11)12)8(6)10(13)14/h2*2-5H,1H2,(H,11,12)(H,13,14). The molecule has 8 heteroatoms. The van der Waals surface area contributed by atoms with E-state index in [2.05, 4.69) is 13.2 Å². The molecule has 2 rings (SSSR count). The van der Waals surface area contributed by atoms with Crippen molar-refractivity contribution in [1.29, 1.82) is 0 Å². The van der Waals surface area contributed by atoms with E-state index < -0.39 is 23.9 Å². The molecule has 0 bridgehead atoms. The molecular formula is C20H16O8. The Kier molecular flexibility index (Phi) is 7.40. The van der Waals surface area contributed by atoms with Crippen molar-refractivity contribution in [2.45, 2.75) is 0 Å². The van der Waals surface area contributed by atoms with E-state index in [0.29, 0.717) is 11.1 Å². The summed E-state index contributed by atoms with van der Waals surface area (Å²) in [4.78, 5) is 43.0. The predicted molar refractivity (Wildman–Crippen MR) is 101 cm³/mol. The van der Waals surface area contributed by atoms with Crippen LogP contribution in [0, 0.1) is 0 Å². The number of hydrogen-bond donors (Lipinski definition) is 4. The van der Waals surface area contributed by atoms with Gasteiger partial charge in [0.05, 0.1) is 22.3 Å². The summed E-state index contributed by atoms with van der Waals surface area (Å²) in [5, 5.41) is 35.1. The predicted octanol–water partition coefficient (Wildman–Crippen LogP) is 3.45. The van der Waals surface area contributed by atoms with Crippen molar-refractivity contribution in [1.82, 2.24) is 0 Å². The van der Waals surface area contributed by atoms with Gasteiger partial charge in [0.25, 0.3) is 0 Å². The maximum atomic E-state index is 10.8. The molecule has 0 atom stereocenters. The molecule has 0 aromatic heterocycles. The number of carbonyl (C=O) groups is 4. The Bertz CT molecular complexity index is 893. The highest BCUT2D eigenvalue weighted by Gasteiger charge is 2.18. The van der Waals surface area contributed by atoms with Crippen LogP contribution in [0.4, 0.5) is 0 Å². The van der Waals surface area contributed by atoms with Crippen molar-refractivity contribution in [3.63, 3.8) is 0 Å². The van der Waals surface area contributed by atoms with Crippen molar-refractivity contribution in [2.24, 2.45) is 0 Å². The third-order valence-corrected chi connectivity index (χ3v) is 3.52. The van der Waals surface area contributed by atoms with Crippen LogP contribution in [-0.4, -0.2) is 44.3 Å². The summed E-state index contributed by atoms with van der Waals surface area (Å²) in [5.41, 5.74) is -0.301. The maximum absolute atomic E-state index is 10.8. The molecule has 2 aromatic rings. The topological polar surface area (TPSA) is 149 Å². The fourth-order valence-corrected chi connectivity index (χ4v) is 2.31. The number of carboxylic acid groups (broad SMARTS) is 4. The van der Waals surface area contributed by atoms with E-state index in [4.69, 9.17) is 20.4 Å². The smallest absolute Gasteiger partial charge is 0.337 e. The molecule has 4 N–H and O–H groups in total. The first-order chi connectivity index (χ1) is 13.1. The molecule has 0 spiro atoms. The summed E-state index contributed by atoms with van der Waals surface area (Å²) in [5.74, 6) is -5.05. The first kappa shape index (κ1) is 21.8. The van der Waals surface area contributed by atoms with E-state index in [1.54, 1.807) is 0 Å². The SMILES string of the molecule is C=Cc1cccc(C(=O)O)c1C(=O)O.C=Cc1cccc(C(=O)O)c1C(=O)O. The van der Waals surface area contributed by atoms with Gasteiger partial charge in [0.2, 0.25) is 0 Å². The number of hydrogen-bond acceptors (Lipinski definition) is 4. The molecule has 2 aromatic carbocycles. The van der Waals surface area contributed by atoms with Gasteiger partial charge in [0.1, 0.15) is 0 Å². The minimum atomic E-state index is -1.27. The Morgan fingerprint density at radius 1 is 0.607 bits per heavy atom.